The third kappa shape index (κ3) is 7.75. The molecular formula is C24H25ClN4O6S. The van der Waals surface area contributed by atoms with E-state index in [1.165, 1.54) is 41.9 Å². The quantitative estimate of drug-likeness (QED) is 0.169. The van der Waals surface area contributed by atoms with Gasteiger partial charge in [0.2, 0.25) is 10.0 Å². The fraction of sp³-hybridized carbons (Fsp3) is 0.208. The molecule has 3 aromatic rings. The van der Waals surface area contributed by atoms with Crippen LogP contribution in [-0.2, 0) is 37.4 Å². The number of carbonyl (C=O) groups excluding carboxylic acids is 2. The molecule has 10 nitrogen and oxygen atoms in total. The average molecular weight is 533 g/mol. The van der Waals surface area contributed by atoms with Gasteiger partial charge in [-0.1, -0.05) is 41.9 Å². The van der Waals surface area contributed by atoms with Gasteiger partial charge in [0, 0.05) is 25.2 Å². The van der Waals surface area contributed by atoms with Crippen molar-refractivity contribution in [2.75, 3.05) is 20.3 Å². The van der Waals surface area contributed by atoms with Gasteiger partial charge in [-0.3, -0.25) is 9.59 Å². The molecule has 0 unspecified atom stereocenters. The van der Waals surface area contributed by atoms with Gasteiger partial charge in [0.05, 0.1) is 24.3 Å². The van der Waals surface area contributed by atoms with Crippen LogP contribution in [0.25, 0.3) is 0 Å². The molecule has 0 aliphatic rings. The average Bonchev–Trinajstić information content (AvgIpc) is 3.31. The summed E-state index contributed by atoms with van der Waals surface area (Å²) in [4.78, 5) is 23.4. The summed E-state index contributed by atoms with van der Waals surface area (Å²) >= 11 is 5.92. The summed E-state index contributed by atoms with van der Waals surface area (Å²) < 4.78 is 38.5. The number of hydrogen-bond donors (Lipinski definition) is 2. The highest BCUT2D eigenvalue weighted by molar-refractivity contribution is 7.89. The zero-order valence-corrected chi connectivity index (χ0v) is 21.0. The molecule has 0 radical (unpaired) electrons. The van der Waals surface area contributed by atoms with Crippen molar-refractivity contribution in [3.05, 3.63) is 88.8 Å². The molecule has 36 heavy (non-hydrogen) atoms. The number of carbonyl (C=O) groups is 2. The lowest BCUT2D eigenvalue weighted by molar-refractivity contribution is -0.139. The van der Waals surface area contributed by atoms with Gasteiger partial charge < -0.3 is 14.5 Å². The first kappa shape index (κ1) is 27.1. The van der Waals surface area contributed by atoms with Crippen molar-refractivity contribution in [1.82, 2.24) is 15.0 Å². The van der Waals surface area contributed by atoms with Crippen LogP contribution >= 0.6 is 11.6 Å². The lowest BCUT2D eigenvalue weighted by atomic mass is 10.2. The highest BCUT2D eigenvalue weighted by atomic mass is 35.5. The number of ether oxygens (including phenoxy) is 1. The fourth-order valence-electron chi connectivity index (χ4n) is 3.04. The van der Waals surface area contributed by atoms with Gasteiger partial charge in [-0.25, -0.2) is 13.8 Å². The second-order valence-corrected chi connectivity index (χ2v) is 9.84. The number of furan rings is 1. The molecule has 1 aromatic heterocycles. The zero-order chi connectivity index (χ0) is 26.0. The number of hydrogen-bond acceptors (Lipinski definition) is 7. The SMILES string of the molecule is COCCNC(=O)C(=O)N/N=C\c1ccc(CN(Cc2ccccc2)S(=O)(=O)c2ccc(Cl)cc2)o1. The van der Waals surface area contributed by atoms with Gasteiger partial charge in [0.1, 0.15) is 11.5 Å². The summed E-state index contributed by atoms with van der Waals surface area (Å²) in [6.07, 6.45) is 1.21. The van der Waals surface area contributed by atoms with Gasteiger partial charge in [-0.15, -0.1) is 0 Å². The number of methoxy groups -OCH3 is 1. The van der Waals surface area contributed by atoms with Gasteiger partial charge in [0.15, 0.2) is 0 Å². The van der Waals surface area contributed by atoms with Crippen molar-refractivity contribution in [2.24, 2.45) is 5.10 Å². The molecule has 0 saturated heterocycles. The number of hydrazone groups is 1. The number of nitrogens with zero attached hydrogens (tertiary/aromatic N) is 2. The molecule has 2 amide bonds. The maximum absolute atomic E-state index is 13.4. The Labute approximate surface area is 213 Å². The van der Waals surface area contributed by atoms with E-state index in [0.717, 1.165) is 5.56 Å². The lowest BCUT2D eigenvalue weighted by Gasteiger charge is -2.21. The number of sulfonamides is 1. The zero-order valence-electron chi connectivity index (χ0n) is 19.4. The van der Waals surface area contributed by atoms with Crippen LogP contribution in [0.2, 0.25) is 5.02 Å². The number of halogens is 1. The normalized spacial score (nSPS) is 11.6. The maximum atomic E-state index is 13.4. The largest absolute Gasteiger partial charge is 0.459 e. The van der Waals surface area contributed by atoms with E-state index in [4.69, 9.17) is 20.8 Å². The maximum Gasteiger partial charge on any atom is 0.329 e. The van der Waals surface area contributed by atoms with E-state index in [-0.39, 0.29) is 36.9 Å². The summed E-state index contributed by atoms with van der Waals surface area (Å²) in [6.45, 7) is 0.519. The minimum atomic E-state index is -3.88. The summed E-state index contributed by atoms with van der Waals surface area (Å²) in [5.74, 6) is -1.19. The van der Waals surface area contributed by atoms with Gasteiger partial charge in [-0.05, 0) is 42.0 Å². The standard InChI is InChI=1S/C24H25ClN4O6S/c1-34-14-13-26-23(30)24(31)28-27-15-20-9-10-21(35-20)17-29(16-18-5-3-2-4-6-18)36(32,33)22-11-7-19(25)8-12-22/h2-12,15H,13-14,16-17H2,1H3,(H,26,30)(H,28,31)/b27-15-. The first-order chi connectivity index (χ1) is 17.3. The predicted molar refractivity (Wildman–Crippen MR) is 134 cm³/mol. The van der Waals surface area contributed by atoms with E-state index >= 15 is 0 Å². The Morgan fingerprint density at radius 1 is 1.03 bits per heavy atom. The van der Waals surface area contributed by atoms with Crippen LogP contribution in [0.1, 0.15) is 17.1 Å². The first-order valence-corrected chi connectivity index (χ1v) is 12.6. The highest BCUT2D eigenvalue weighted by Gasteiger charge is 2.26. The van der Waals surface area contributed by atoms with Crippen LogP contribution in [0.3, 0.4) is 0 Å². The van der Waals surface area contributed by atoms with Crippen molar-refractivity contribution in [1.29, 1.82) is 0 Å². The molecule has 0 fully saturated rings. The molecule has 0 aliphatic carbocycles. The van der Waals surface area contributed by atoms with Crippen LogP contribution in [0.4, 0.5) is 0 Å². The molecule has 3 rings (SSSR count). The molecule has 2 N–H and O–H groups in total. The second kappa shape index (κ2) is 13.0. The number of amides is 2. The highest BCUT2D eigenvalue weighted by Crippen LogP contribution is 2.23. The van der Waals surface area contributed by atoms with Crippen LogP contribution in [0, 0.1) is 0 Å². The summed E-state index contributed by atoms with van der Waals surface area (Å²) in [5, 5.41) is 6.49. The molecule has 0 saturated carbocycles. The van der Waals surface area contributed by atoms with Crippen molar-refractivity contribution >= 4 is 39.7 Å². The lowest BCUT2D eigenvalue weighted by Crippen LogP contribution is -2.39. The Morgan fingerprint density at radius 2 is 1.75 bits per heavy atom. The Bertz CT molecular complexity index is 1290. The van der Waals surface area contributed by atoms with Crippen LogP contribution < -0.4 is 10.7 Å². The molecule has 0 bridgehead atoms. The van der Waals surface area contributed by atoms with Crippen LogP contribution in [0.15, 0.2) is 81.1 Å². The Hall–Kier alpha value is -3.51. The third-order valence-corrected chi connectivity index (χ3v) is 6.88. The first-order valence-electron chi connectivity index (χ1n) is 10.8. The van der Waals surface area contributed by atoms with Crippen LogP contribution in [0.5, 0.6) is 0 Å². The minimum absolute atomic E-state index is 0.0536. The topological polar surface area (TPSA) is 130 Å². The molecule has 2 aromatic carbocycles. The van der Waals surface area contributed by atoms with Gasteiger partial charge in [0.25, 0.3) is 0 Å². The number of benzene rings is 2. The predicted octanol–water partition coefficient (Wildman–Crippen LogP) is 2.54. The van der Waals surface area contributed by atoms with E-state index in [1.54, 1.807) is 12.1 Å². The van der Waals surface area contributed by atoms with Crippen molar-refractivity contribution in [3.8, 4) is 0 Å². The molecule has 0 aliphatic heterocycles. The molecule has 0 atom stereocenters. The fourth-order valence-corrected chi connectivity index (χ4v) is 4.56. The van der Waals surface area contributed by atoms with Gasteiger partial charge in [-0.2, -0.15) is 9.41 Å². The van der Waals surface area contributed by atoms with Crippen molar-refractivity contribution in [3.63, 3.8) is 0 Å². The summed E-state index contributed by atoms with van der Waals surface area (Å²) in [7, 11) is -2.41. The smallest absolute Gasteiger partial charge is 0.329 e. The molecule has 1 heterocycles. The van der Waals surface area contributed by atoms with E-state index < -0.39 is 21.8 Å². The monoisotopic (exact) mass is 532 g/mol. The number of nitrogens with one attached hydrogen (secondary N) is 2. The van der Waals surface area contributed by atoms with Crippen LogP contribution in [-0.4, -0.2) is 51.0 Å². The van der Waals surface area contributed by atoms with E-state index in [9.17, 15) is 18.0 Å². The Kier molecular flexibility index (Phi) is 9.77. The third-order valence-electron chi connectivity index (χ3n) is 4.82. The molecule has 190 valence electrons. The van der Waals surface area contributed by atoms with E-state index in [1.807, 2.05) is 30.3 Å². The Morgan fingerprint density at radius 3 is 2.44 bits per heavy atom. The van der Waals surface area contributed by atoms with Gasteiger partial charge >= 0.3 is 11.8 Å². The molecule has 0 spiro atoms. The summed E-state index contributed by atoms with van der Waals surface area (Å²) in [5.41, 5.74) is 2.89. The number of rotatable bonds is 11. The second-order valence-electron chi connectivity index (χ2n) is 7.46. The van der Waals surface area contributed by atoms with E-state index in [0.29, 0.717) is 10.8 Å². The Balaban J connectivity index is 1.71. The van der Waals surface area contributed by atoms with Crippen molar-refractivity contribution in [2.45, 2.75) is 18.0 Å². The summed E-state index contributed by atoms with van der Waals surface area (Å²) in [6, 6.07) is 18.3. The minimum Gasteiger partial charge on any atom is -0.459 e. The molecular weight excluding hydrogens is 508 g/mol. The van der Waals surface area contributed by atoms with Crippen molar-refractivity contribution < 1.29 is 27.2 Å². The van der Waals surface area contributed by atoms with E-state index in [2.05, 4.69) is 15.8 Å². The molecule has 12 heteroatoms.